The summed E-state index contributed by atoms with van der Waals surface area (Å²) < 4.78 is 5.12. The molecule has 2 aromatic carbocycles. The molecule has 0 spiro atoms. The summed E-state index contributed by atoms with van der Waals surface area (Å²) in [6.45, 7) is 0. The second kappa shape index (κ2) is 5.58. The van der Waals surface area contributed by atoms with Crippen LogP contribution in [-0.2, 0) is 0 Å². The summed E-state index contributed by atoms with van der Waals surface area (Å²) >= 11 is 0. The largest absolute Gasteiger partial charge is 0.508 e. The average Bonchev–Trinajstić information content (AvgIpc) is 2.97. The fourth-order valence-electron chi connectivity index (χ4n) is 2.00. The zero-order valence-electron chi connectivity index (χ0n) is 11.5. The lowest BCUT2D eigenvalue weighted by atomic mass is 10.1. The molecule has 3 rings (SSSR count). The van der Waals surface area contributed by atoms with Gasteiger partial charge < -0.3 is 15.2 Å². The molecule has 3 aromatic rings. The number of benzene rings is 2. The van der Waals surface area contributed by atoms with Gasteiger partial charge in [0.1, 0.15) is 11.5 Å². The summed E-state index contributed by atoms with van der Waals surface area (Å²) in [4.78, 5) is 0. The molecular formula is C16H15N3O2. The first-order chi connectivity index (χ1) is 10.2. The van der Waals surface area contributed by atoms with Crippen molar-refractivity contribution in [3.05, 3.63) is 54.6 Å². The topological polar surface area (TPSA) is 70.2 Å². The van der Waals surface area contributed by atoms with E-state index in [2.05, 4.69) is 15.5 Å². The minimum atomic E-state index is 0.245. The number of rotatable bonds is 4. The first kappa shape index (κ1) is 13.1. The van der Waals surface area contributed by atoms with E-state index in [0.29, 0.717) is 0 Å². The van der Waals surface area contributed by atoms with Gasteiger partial charge in [0.15, 0.2) is 5.82 Å². The van der Waals surface area contributed by atoms with Gasteiger partial charge in [-0.3, -0.25) is 5.10 Å². The molecule has 0 amide bonds. The molecule has 1 heterocycles. The fourth-order valence-corrected chi connectivity index (χ4v) is 2.00. The Morgan fingerprint density at radius 1 is 1.05 bits per heavy atom. The lowest BCUT2D eigenvalue weighted by Crippen LogP contribution is -1.90. The van der Waals surface area contributed by atoms with Gasteiger partial charge in [0.2, 0.25) is 0 Å². The lowest BCUT2D eigenvalue weighted by molar-refractivity contribution is 0.415. The van der Waals surface area contributed by atoms with Crippen molar-refractivity contribution in [1.82, 2.24) is 10.2 Å². The Balaban J connectivity index is 1.76. The van der Waals surface area contributed by atoms with Crippen LogP contribution >= 0.6 is 0 Å². The normalized spacial score (nSPS) is 10.3. The zero-order valence-corrected chi connectivity index (χ0v) is 11.5. The molecule has 0 aliphatic carbocycles. The number of H-pyrrole nitrogens is 1. The number of aromatic nitrogens is 2. The van der Waals surface area contributed by atoms with Gasteiger partial charge in [0.05, 0.1) is 12.8 Å². The Kier molecular flexibility index (Phi) is 3.47. The number of hydrogen-bond acceptors (Lipinski definition) is 4. The maximum atomic E-state index is 9.30. The van der Waals surface area contributed by atoms with Gasteiger partial charge in [-0.05, 0) is 54.1 Å². The Morgan fingerprint density at radius 2 is 1.76 bits per heavy atom. The Morgan fingerprint density at radius 3 is 2.43 bits per heavy atom. The molecule has 5 heteroatoms. The van der Waals surface area contributed by atoms with E-state index in [1.807, 2.05) is 42.5 Å². The molecule has 0 saturated carbocycles. The molecule has 0 aliphatic heterocycles. The van der Waals surface area contributed by atoms with Gasteiger partial charge in [-0.2, -0.15) is 5.10 Å². The van der Waals surface area contributed by atoms with Crippen molar-refractivity contribution < 1.29 is 9.84 Å². The van der Waals surface area contributed by atoms with Crippen LogP contribution in [-0.4, -0.2) is 22.4 Å². The molecular weight excluding hydrogens is 266 g/mol. The summed E-state index contributed by atoms with van der Waals surface area (Å²) in [6.07, 6.45) is 0. The van der Waals surface area contributed by atoms with Crippen LogP contribution in [0.25, 0.3) is 11.3 Å². The van der Waals surface area contributed by atoms with Crippen molar-refractivity contribution in [1.29, 1.82) is 0 Å². The van der Waals surface area contributed by atoms with Crippen LogP contribution in [0.2, 0.25) is 0 Å². The number of ether oxygens (including phenoxy) is 1. The van der Waals surface area contributed by atoms with Crippen LogP contribution < -0.4 is 10.1 Å². The van der Waals surface area contributed by atoms with E-state index < -0.39 is 0 Å². The van der Waals surface area contributed by atoms with E-state index >= 15 is 0 Å². The van der Waals surface area contributed by atoms with Gasteiger partial charge in [0, 0.05) is 11.8 Å². The van der Waals surface area contributed by atoms with Crippen LogP contribution in [0, 0.1) is 0 Å². The first-order valence-corrected chi connectivity index (χ1v) is 6.50. The maximum absolute atomic E-state index is 9.30. The third-order valence-corrected chi connectivity index (χ3v) is 3.12. The van der Waals surface area contributed by atoms with Crippen molar-refractivity contribution in [2.45, 2.75) is 0 Å². The van der Waals surface area contributed by atoms with E-state index in [0.717, 1.165) is 28.5 Å². The number of anilines is 2. The predicted octanol–water partition coefficient (Wildman–Crippen LogP) is 3.53. The highest BCUT2D eigenvalue weighted by molar-refractivity contribution is 5.66. The van der Waals surface area contributed by atoms with Crippen molar-refractivity contribution in [2.75, 3.05) is 12.4 Å². The monoisotopic (exact) mass is 281 g/mol. The molecule has 0 aliphatic rings. The van der Waals surface area contributed by atoms with Gasteiger partial charge in [-0.1, -0.05) is 0 Å². The lowest BCUT2D eigenvalue weighted by Gasteiger charge is -2.03. The molecule has 106 valence electrons. The molecule has 0 bridgehead atoms. The predicted molar refractivity (Wildman–Crippen MR) is 82.0 cm³/mol. The van der Waals surface area contributed by atoms with E-state index in [1.54, 1.807) is 19.2 Å². The van der Waals surface area contributed by atoms with Crippen molar-refractivity contribution in [2.24, 2.45) is 0 Å². The smallest absolute Gasteiger partial charge is 0.152 e. The summed E-state index contributed by atoms with van der Waals surface area (Å²) in [7, 11) is 1.64. The second-order valence-corrected chi connectivity index (χ2v) is 4.57. The molecule has 1 aromatic heterocycles. The van der Waals surface area contributed by atoms with Crippen LogP contribution in [0.3, 0.4) is 0 Å². The van der Waals surface area contributed by atoms with E-state index in [4.69, 9.17) is 4.74 Å². The van der Waals surface area contributed by atoms with Gasteiger partial charge in [0.25, 0.3) is 0 Å². The maximum Gasteiger partial charge on any atom is 0.152 e. The molecule has 5 nitrogen and oxygen atoms in total. The highest BCUT2D eigenvalue weighted by atomic mass is 16.5. The third-order valence-electron chi connectivity index (χ3n) is 3.12. The van der Waals surface area contributed by atoms with E-state index in [1.165, 1.54) is 0 Å². The molecule has 0 atom stereocenters. The minimum Gasteiger partial charge on any atom is -0.508 e. The highest BCUT2D eigenvalue weighted by Crippen LogP contribution is 2.24. The molecule has 0 saturated heterocycles. The van der Waals surface area contributed by atoms with E-state index in [9.17, 15) is 5.11 Å². The summed E-state index contributed by atoms with van der Waals surface area (Å²) in [6, 6.07) is 16.5. The minimum absolute atomic E-state index is 0.245. The Labute approximate surface area is 122 Å². The number of hydrogen-bond donors (Lipinski definition) is 3. The Hall–Kier alpha value is -2.95. The first-order valence-electron chi connectivity index (χ1n) is 6.50. The highest BCUT2D eigenvalue weighted by Gasteiger charge is 2.04. The molecule has 3 N–H and O–H groups in total. The van der Waals surface area contributed by atoms with Crippen molar-refractivity contribution >= 4 is 11.5 Å². The third kappa shape index (κ3) is 2.97. The average molecular weight is 281 g/mol. The number of methoxy groups -OCH3 is 1. The van der Waals surface area contributed by atoms with Crippen LogP contribution in [0.4, 0.5) is 11.5 Å². The zero-order chi connectivity index (χ0) is 14.7. The summed E-state index contributed by atoms with van der Waals surface area (Å²) in [5.74, 6) is 1.78. The molecule has 0 radical (unpaired) electrons. The standard InChI is InChI=1S/C16H15N3O2/c1-21-14-8-4-12(5-9-14)17-16-10-15(18-19-16)11-2-6-13(20)7-3-11/h2-10,20H,1H3,(H2,17,18,19). The Bertz CT molecular complexity index is 718. The van der Waals surface area contributed by atoms with E-state index in [-0.39, 0.29) is 5.75 Å². The van der Waals surface area contributed by atoms with Crippen LogP contribution in [0.15, 0.2) is 54.6 Å². The summed E-state index contributed by atoms with van der Waals surface area (Å²) in [5.41, 5.74) is 2.77. The van der Waals surface area contributed by atoms with Crippen molar-refractivity contribution in [3.63, 3.8) is 0 Å². The summed E-state index contributed by atoms with van der Waals surface area (Å²) in [5, 5.41) is 19.7. The van der Waals surface area contributed by atoms with Gasteiger partial charge in [-0.25, -0.2) is 0 Å². The van der Waals surface area contributed by atoms with Crippen molar-refractivity contribution in [3.8, 4) is 22.8 Å². The number of aromatic hydroxyl groups is 1. The number of aromatic amines is 1. The molecule has 21 heavy (non-hydrogen) atoms. The molecule has 0 fully saturated rings. The fraction of sp³-hybridized carbons (Fsp3) is 0.0625. The van der Waals surface area contributed by atoms with Crippen LogP contribution in [0.5, 0.6) is 11.5 Å². The SMILES string of the molecule is COc1ccc(Nc2cc(-c3ccc(O)cc3)[nH]n2)cc1. The van der Waals surface area contributed by atoms with Crippen LogP contribution in [0.1, 0.15) is 0 Å². The number of phenolic OH excluding ortho intramolecular Hbond substituents is 1. The second-order valence-electron chi connectivity index (χ2n) is 4.57. The number of nitrogens with one attached hydrogen (secondary N) is 2. The molecule has 0 unspecified atom stereocenters. The quantitative estimate of drug-likeness (QED) is 0.684. The number of phenols is 1. The number of nitrogens with zero attached hydrogens (tertiary/aromatic N) is 1. The van der Waals surface area contributed by atoms with Gasteiger partial charge in [-0.15, -0.1) is 0 Å². The van der Waals surface area contributed by atoms with Gasteiger partial charge >= 0.3 is 0 Å².